The molecule has 1 aromatic rings. The first-order valence-corrected chi connectivity index (χ1v) is 5.49. The number of hydrogen-bond donors (Lipinski definition) is 0. The molecule has 14 heavy (non-hydrogen) atoms. The molecule has 2 heteroatoms. The molecule has 0 saturated carbocycles. The topological polar surface area (TPSA) is 12.4 Å². The third-order valence-electron chi connectivity index (χ3n) is 2.97. The molecule has 0 unspecified atom stereocenters. The van der Waals surface area contributed by atoms with Gasteiger partial charge in [0, 0.05) is 11.5 Å². The Kier molecular flexibility index (Phi) is 2.60. The average Bonchev–Trinajstić information content (AvgIpc) is 2.23. The van der Waals surface area contributed by atoms with Gasteiger partial charge in [-0.25, -0.2) is 0 Å². The summed E-state index contributed by atoms with van der Waals surface area (Å²) in [7, 11) is 0. The molecular formula is C12H14ClN. The first-order chi connectivity index (χ1) is 6.74. The average molecular weight is 208 g/mol. The van der Waals surface area contributed by atoms with Gasteiger partial charge in [-0.1, -0.05) is 31.2 Å². The van der Waals surface area contributed by atoms with Crippen LogP contribution in [0, 0.1) is 0 Å². The van der Waals surface area contributed by atoms with Gasteiger partial charge in [-0.05, 0) is 12.5 Å². The highest BCUT2D eigenvalue weighted by atomic mass is 35.5. The fourth-order valence-corrected chi connectivity index (χ4v) is 2.16. The lowest BCUT2D eigenvalue weighted by Crippen LogP contribution is -2.23. The number of alkyl halides is 1. The van der Waals surface area contributed by atoms with E-state index in [0.717, 1.165) is 5.71 Å². The Hall–Kier alpha value is -0.820. The minimum atomic E-state index is 0.346. The lowest BCUT2D eigenvalue weighted by atomic mass is 9.86. The van der Waals surface area contributed by atoms with Crippen molar-refractivity contribution >= 4 is 17.3 Å². The maximum Gasteiger partial charge on any atom is 0.0649 e. The molecule has 0 N–H and O–H groups in total. The molecule has 2 rings (SSSR count). The van der Waals surface area contributed by atoms with E-state index >= 15 is 0 Å². The fraction of sp³-hybridized carbons (Fsp3) is 0.417. The molecule has 1 aromatic carbocycles. The molecule has 0 amide bonds. The largest absolute Gasteiger partial charge is 0.284 e. The van der Waals surface area contributed by atoms with Gasteiger partial charge in [0.15, 0.2) is 0 Å². The van der Waals surface area contributed by atoms with E-state index in [1.165, 1.54) is 11.1 Å². The smallest absolute Gasteiger partial charge is 0.0649 e. The second-order valence-corrected chi connectivity index (χ2v) is 4.09. The van der Waals surface area contributed by atoms with Gasteiger partial charge >= 0.3 is 0 Å². The van der Waals surface area contributed by atoms with Gasteiger partial charge in [0.1, 0.15) is 0 Å². The molecule has 1 heterocycles. The lowest BCUT2D eigenvalue weighted by Gasteiger charge is -2.26. The first-order valence-electron chi connectivity index (χ1n) is 4.96. The Morgan fingerprint density at radius 3 is 2.71 bits per heavy atom. The second kappa shape index (κ2) is 3.74. The monoisotopic (exact) mass is 207 g/mol. The van der Waals surface area contributed by atoms with Gasteiger partial charge in [-0.2, -0.15) is 0 Å². The van der Waals surface area contributed by atoms with Crippen molar-refractivity contribution in [2.45, 2.75) is 25.8 Å². The van der Waals surface area contributed by atoms with Gasteiger partial charge in [0.2, 0.25) is 0 Å². The zero-order valence-electron chi connectivity index (χ0n) is 8.50. The van der Waals surface area contributed by atoms with Crippen molar-refractivity contribution in [2.75, 3.05) is 5.88 Å². The van der Waals surface area contributed by atoms with E-state index < -0.39 is 0 Å². The quantitative estimate of drug-likeness (QED) is 0.627. The summed E-state index contributed by atoms with van der Waals surface area (Å²) in [5, 5.41) is 0. The van der Waals surface area contributed by atoms with Gasteiger partial charge in [0.05, 0.1) is 17.6 Å². The highest BCUT2D eigenvalue weighted by molar-refractivity contribution is 6.32. The molecule has 0 aromatic heterocycles. The number of aliphatic imine (C=N–C) groups is 1. The SMILES string of the molecule is C[C@H]1N=C(CCl)c2ccccc2[C@@H]1C. The summed E-state index contributed by atoms with van der Waals surface area (Å²) in [5.74, 6) is 1.01. The molecule has 0 spiro atoms. The van der Waals surface area contributed by atoms with E-state index in [9.17, 15) is 0 Å². The van der Waals surface area contributed by atoms with Crippen molar-refractivity contribution < 1.29 is 0 Å². The Bertz CT molecular complexity index is 370. The standard InChI is InChI=1S/C12H14ClN/c1-8-9(2)14-12(7-13)11-6-4-3-5-10(8)11/h3-6,8-9H,7H2,1-2H3/t8-,9-/m1/s1. The molecule has 0 saturated heterocycles. The Morgan fingerprint density at radius 1 is 1.29 bits per heavy atom. The summed E-state index contributed by atoms with van der Waals surface area (Å²) >= 11 is 5.89. The van der Waals surface area contributed by atoms with Crippen LogP contribution in [0.3, 0.4) is 0 Å². The minimum Gasteiger partial charge on any atom is -0.284 e. The van der Waals surface area contributed by atoms with Crippen LogP contribution in [0.2, 0.25) is 0 Å². The highest BCUT2D eigenvalue weighted by Gasteiger charge is 2.23. The third kappa shape index (κ3) is 1.46. The van der Waals surface area contributed by atoms with Crippen LogP contribution in [0.1, 0.15) is 30.9 Å². The fourth-order valence-electron chi connectivity index (χ4n) is 1.95. The Balaban J connectivity index is 2.55. The van der Waals surface area contributed by atoms with Crippen molar-refractivity contribution in [2.24, 2.45) is 4.99 Å². The van der Waals surface area contributed by atoms with Crippen molar-refractivity contribution in [3.05, 3.63) is 35.4 Å². The van der Waals surface area contributed by atoms with E-state index in [4.69, 9.17) is 11.6 Å². The van der Waals surface area contributed by atoms with Crippen molar-refractivity contribution in [1.29, 1.82) is 0 Å². The zero-order chi connectivity index (χ0) is 10.1. The first kappa shape index (κ1) is 9.72. The lowest BCUT2D eigenvalue weighted by molar-refractivity contribution is 0.605. The van der Waals surface area contributed by atoms with E-state index in [1.807, 2.05) is 6.07 Å². The van der Waals surface area contributed by atoms with Gasteiger partial charge in [0.25, 0.3) is 0 Å². The van der Waals surface area contributed by atoms with Crippen LogP contribution in [-0.2, 0) is 0 Å². The number of rotatable bonds is 1. The third-order valence-corrected chi connectivity index (χ3v) is 3.23. The van der Waals surface area contributed by atoms with Gasteiger partial charge < -0.3 is 0 Å². The van der Waals surface area contributed by atoms with E-state index in [2.05, 4.69) is 37.0 Å². The summed E-state index contributed by atoms with van der Waals surface area (Å²) in [4.78, 5) is 4.61. The zero-order valence-corrected chi connectivity index (χ0v) is 9.25. The summed E-state index contributed by atoms with van der Waals surface area (Å²) in [5.41, 5.74) is 3.65. The summed E-state index contributed by atoms with van der Waals surface area (Å²) in [6.45, 7) is 4.37. The van der Waals surface area contributed by atoms with Crippen LogP contribution in [0.15, 0.2) is 29.3 Å². The maximum atomic E-state index is 5.89. The van der Waals surface area contributed by atoms with Crippen LogP contribution in [0.5, 0.6) is 0 Å². The molecule has 0 fully saturated rings. The van der Waals surface area contributed by atoms with Gasteiger partial charge in [-0.15, -0.1) is 11.6 Å². The number of fused-ring (bicyclic) bond motifs is 1. The molecule has 1 aliphatic rings. The number of nitrogens with zero attached hydrogens (tertiary/aromatic N) is 1. The molecule has 1 aliphatic heterocycles. The van der Waals surface area contributed by atoms with Gasteiger partial charge in [-0.3, -0.25) is 4.99 Å². The normalized spacial score (nSPS) is 25.5. The predicted molar refractivity (Wildman–Crippen MR) is 61.6 cm³/mol. The number of hydrogen-bond acceptors (Lipinski definition) is 1. The molecule has 0 radical (unpaired) electrons. The Labute approximate surface area is 89.8 Å². The summed E-state index contributed by atoms with van der Waals surface area (Å²) in [6, 6.07) is 8.76. The van der Waals surface area contributed by atoms with Crippen LogP contribution in [-0.4, -0.2) is 17.6 Å². The predicted octanol–water partition coefficient (Wildman–Crippen LogP) is 3.22. The maximum absolute atomic E-state index is 5.89. The van der Waals surface area contributed by atoms with Crippen LogP contribution < -0.4 is 0 Å². The number of halogens is 1. The molecule has 0 aliphatic carbocycles. The van der Waals surface area contributed by atoms with Crippen molar-refractivity contribution in [3.8, 4) is 0 Å². The molecule has 74 valence electrons. The van der Waals surface area contributed by atoms with Crippen LogP contribution >= 0.6 is 11.6 Å². The van der Waals surface area contributed by atoms with Crippen molar-refractivity contribution in [3.63, 3.8) is 0 Å². The second-order valence-electron chi connectivity index (χ2n) is 3.83. The molecule has 1 nitrogen and oxygen atoms in total. The van der Waals surface area contributed by atoms with Crippen LogP contribution in [0.25, 0.3) is 0 Å². The van der Waals surface area contributed by atoms with E-state index in [1.54, 1.807) is 0 Å². The summed E-state index contributed by atoms with van der Waals surface area (Å²) < 4.78 is 0. The molecular weight excluding hydrogens is 194 g/mol. The van der Waals surface area contributed by atoms with E-state index in [-0.39, 0.29) is 0 Å². The molecule has 0 bridgehead atoms. The minimum absolute atomic E-state index is 0.346. The van der Waals surface area contributed by atoms with E-state index in [0.29, 0.717) is 17.8 Å². The molecule has 2 atom stereocenters. The van der Waals surface area contributed by atoms with Crippen LogP contribution in [0.4, 0.5) is 0 Å². The summed E-state index contributed by atoms with van der Waals surface area (Å²) in [6.07, 6.45) is 0. The highest BCUT2D eigenvalue weighted by Crippen LogP contribution is 2.30. The number of benzene rings is 1. The van der Waals surface area contributed by atoms with Crippen molar-refractivity contribution in [1.82, 2.24) is 0 Å². The Morgan fingerprint density at radius 2 is 2.00 bits per heavy atom.